The number of nitrogens with one attached hydrogen (secondary N) is 2. The molecule has 0 bridgehead atoms. The third-order valence-corrected chi connectivity index (χ3v) is 4.21. The molecule has 6 nitrogen and oxygen atoms in total. The summed E-state index contributed by atoms with van der Waals surface area (Å²) >= 11 is 0. The number of para-hydroxylation sites is 1. The Labute approximate surface area is 145 Å². The van der Waals surface area contributed by atoms with Crippen LogP contribution in [0, 0.1) is 0 Å². The number of hydrogen-bond donors (Lipinski definition) is 2. The van der Waals surface area contributed by atoms with E-state index in [2.05, 4.69) is 26.9 Å². The number of fused-ring (bicyclic) bond motifs is 1. The smallest absolute Gasteiger partial charge is 0.253 e. The topological polar surface area (TPSA) is 80.1 Å². The Morgan fingerprint density at radius 1 is 1.12 bits per heavy atom. The van der Waals surface area contributed by atoms with E-state index in [1.165, 1.54) is 5.56 Å². The number of benzene rings is 2. The molecule has 2 N–H and O–H groups in total. The Bertz CT molecular complexity index is 889. The van der Waals surface area contributed by atoms with E-state index in [0.29, 0.717) is 17.3 Å². The van der Waals surface area contributed by atoms with Crippen molar-refractivity contribution in [3.05, 3.63) is 65.5 Å². The van der Waals surface area contributed by atoms with Crippen LogP contribution in [0.3, 0.4) is 0 Å². The Balaban J connectivity index is 1.46. The lowest BCUT2D eigenvalue weighted by Gasteiger charge is -2.20. The van der Waals surface area contributed by atoms with Crippen molar-refractivity contribution in [1.82, 2.24) is 15.5 Å². The molecular weight excluding hydrogens is 316 g/mol. The highest BCUT2D eigenvalue weighted by molar-refractivity contribution is 6.00. The van der Waals surface area contributed by atoms with Crippen LogP contribution in [0.2, 0.25) is 0 Å². The van der Waals surface area contributed by atoms with Crippen LogP contribution < -0.4 is 10.6 Å². The van der Waals surface area contributed by atoms with Crippen molar-refractivity contribution >= 4 is 11.6 Å². The van der Waals surface area contributed by atoms with Crippen molar-refractivity contribution in [2.24, 2.45) is 0 Å². The van der Waals surface area contributed by atoms with Gasteiger partial charge < -0.3 is 15.1 Å². The molecule has 1 aliphatic rings. The molecule has 0 atom stereocenters. The summed E-state index contributed by atoms with van der Waals surface area (Å²) in [5, 5.41) is 14.2. The van der Waals surface area contributed by atoms with Crippen LogP contribution in [-0.2, 0) is 13.0 Å². The van der Waals surface area contributed by atoms with Crippen LogP contribution in [0.15, 0.2) is 52.9 Å². The first-order valence-corrected chi connectivity index (χ1v) is 8.33. The fourth-order valence-corrected chi connectivity index (χ4v) is 2.97. The number of hydrogen-bond acceptors (Lipinski definition) is 5. The highest BCUT2D eigenvalue weighted by Crippen LogP contribution is 2.26. The van der Waals surface area contributed by atoms with E-state index in [9.17, 15) is 4.79 Å². The van der Waals surface area contributed by atoms with Crippen LogP contribution in [-0.4, -0.2) is 22.6 Å². The van der Waals surface area contributed by atoms with Gasteiger partial charge in [0.1, 0.15) is 0 Å². The summed E-state index contributed by atoms with van der Waals surface area (Å²) in [5.74, 6) is 0.680. The zero-order valence-corrected chi connectivity index (χ0v) is 13.7. The lowest BCUT2D eigenvalue weighted by Crippen LogP contribution is -2.25. The second kappa shape index (κ2) is 6.76. The van der Waals surface area contributed by atoms with Gasteiger partial charge in [-0.05, 0) is 36.6 Å². The monoisotopic (exact) mass is 334 g/mol. The lowest BCUT2D eigenvalue weighted by molar-refractivity contribution is 0.0948. The van der Waals surface area contributed by atoms with Gasteiger partial charge in [0.05, 0.1) is 17.8 Å². The molecule has 3 aromatic rings. The maximum absolute atomic E-state index is 12.5. The molecule has 126 valence electrons. The van der Waals surface area contributed by atoms with Crippen molar-refractivity contribution in [3.8, 4) is 11.5 Å². The summed E-state index contributed by atoms with van der Waals surface area (Å²) in [7, 11) is 0. The molecule has 0 saturated heterocycles. The van der Waals surface area contributed by atoms with Gasteiger partial charge in [0, 0.05) is 12.1 Å². The number of aromatic nitrogens is 2. The number of carbonyl (C=O) groups is 1. The molecule has 0 aliphatic carbocycles. The summed E-state index contributed by atoms with van der Waals surface area (Å²) in [6.07, 6.45) is 2.08. The van der Waals surface area contributed by atoms with Crippen LogP contribution in [0.5, 0.6) is 0 Å². The second-order valence-corrected chi connectivity index (χ2v) is 5.92. The van der Waals surface area contributed by atoms with Crippen LogP contribution >= 0.6 is 0 Å². The molecule has 1 aliphatic heterocycles. The lowest BCUT2D eigenvalue weighted by atomic mass is 9.99. The van der Waals surface area contributed by atoms with Crippen LogP contribution in [0.4, 0.5) is 5.69 Å². The summed E-state index contributed by atoms with van der Waals surface area (Å²) in [6.45, 7) is 1.09. The number of carbonyl (C=O) groups excluding carboxylic acids is 1. The number of nitrogens with zero attached hydrogens (tertiary/aromatic N) is 2. The molecule has 1 amide bonds. The van der Waals surface area contributed by atoms with Crippen molar-refractivity contribution < 1.29 is 9.21 Å². The molecule has 0 spiro atoms. The molecule has 2 heterocycles. The van der Waals surface area contributed by atoms with E-state index in [1.54, 1.807) is 0 Å². The fraction of sp³-hybridized carbons (Fsp3) is 0.211. The maximum Gasteiger partial charge on any atom is 0.253 e. The van der Waals surface area contributed by atoms with Crippen molar-refractivity contribution in [2.75, 3.05) is 11.9 Å². The molecule has 25 heavy (non-hydrogen) atoms. The zero-order chi connectivity index (χ0) is 17.1. The van der Waals surface area contributed by atoms with Crippen LogP contribution in [0.25, 0.3) is 11.5 Å². The summed E-state index contributed by atoms with van der Waals surface area (Å²) < 4.78 is 5.62. The van der Waals surface area contributed by atoms with Gasteiger partial charge in [-0.1, -0.05) is 30.3 Å². The number of anilines is 1. The van der Waals surface area contributed by atoms with Gasteiger partial charge in [0.2, 0.25) is 11.8 Å². The summed E-state index contributed by atoms with van der Waals surface area (Å²) in [6, 6.07) is 15.4. The predicted molar refractivity (Wildman–Crippen MR) is 94.2 cm³/mol. The Morgan fingerprint density at radius 2 is 2.00 bits per heavy atom. The van der Waals surface area contributed by atoms with Gasteiger partial charge in [-0.3, -0.25) is 4.79 Å². The highest BCUT2D eigenvalue weighted by atomic mass is 16.4. The maximum atomic E-state index is 12.5. The molecule has 0 saturated carbocycles. The average molecular weight is 334 g/mol. The van der Waals surface area contributed by atoms with E-state index < -0.39 is 0 Å². The Hall–Kier alpha value is -3.15. The quantitative estimate of drug-likeness (QED) is 0.766. The first-order chi connectivity index (χ1) is 12.3. The minimum absolute atomic E-state index is 0.147. The third kappa shape index (κ3) is 3.24. The molecule has 1 aromatic heterocycles. The van der Waals surface area contributed by atoms with Gasteiger partial charge in [0.25, 0.3) is 5.91 Å². The van der Waals surface area contributed by atoms with E-state index in [1.807, 2.05) is 42.5 Å². The van der Waals surface area contributed by atoms with Crippen molar-refractivity contribution in [1.29, 1.82) is 0 Å². The fourth-order valence-electron chi connectivity index (χ4n) is 2.97. The van der Waals surface area contributed by atoms with Crippen LogP contribution in [0.1, 0.15) is 28.2 Å². The third-order valence-electron chi connectivity index (χ3n) is 4.21. The standard InChI is InChI=1S/C19H18N4O2/c24-18(15-10-4-8-13-9-5-11-20-17(13)15)21-12-16-22-23-19(25-16)14-6-2-1-3-7-14/h1-4,6-8,10,20H,5,9,11-12H2,(H,21,24). The average Bonchev–Trinajstić information content (AvgIpc) is 3.15. The molecule has 4 rings (SSSR count). The van der Waals surface area contributed by atoms with E-state index in [4.69, 9.17) is 4.42 Å². The molecule has 0 fully saturated rings. The normalized spacial score (nSPS) is 13.0. The van der Waals surface area contributed by atoms with E-state index in [0.717, 1.165) is 30.6 Å². The second-order valence-electron chi connectivity index (χ2n) is 5.92. The highest BCUT2D eigenvalue weighted by Gasteiger charge is 2.18. The van der Waals surface area contributed by atoms with Crippen molar-refractivity contribution in [2.45, 2.75) is 19.4 Å². The number of aryl methyl sites for hydroxylation is 1. The number of rotatable bonds is 4. The van der Waals surface area contributed by atoms with E-state index >= 15 is 0 Å². The van der Waals surface area contributed by atoms with E-state index in [-0.39, 0.29) is 12.5 Å². The minimum atomic E-state index is -0.147. The van der Waals surface area contributed by atoms with Gasteiger partial charge in [-0.25, -0.2) is 0 Å². The van der Waals surface area contributed by atoms with Gasteiger partial charge in [0.15, 0.2) is 0 Å². The number of amides is 1. The molecular formula is C19H18N4O2. The summed E-state index contributed by atoms with van der Waals surface area (Å²) in [4.78, 5) is 12.5. The summed E-state index contributed by atoms with van der Waals surface area (Å²) in [5.41, 5.74) is 3.62. The molecule has 0 unspecified atom stereocenters. The Kier molecular flexibility index (Phi) is 4.16. The molecule has 2 aromatic carbocycles. The van der Waals surface area contributed by atoms with Crippen molar-refractivity contribution in [3.63, 3.8) is 0 Å². The predicted octanol–water partition coefficient (Wildman–Crippen LogP) is 3.02. The van der Waals surface area contributed by atoms with Gasteiger partial charge >= 0.3 is 0 Å². The first kappa shape index (κ1) is 15.4. The molecule has 0 radical (unpaired) electrons. The largest absolute Gasteiger partial charge is 0.419 e. The Morgan fingerprint density at radius 3 is 2.88 bits per heavy atom. The zero-order valence-electron chi connectivity index (χ0n) is 13.7. The SMILES string of the molecule is O=C(NCc1nnc(-c2ccccc2)o1)c1cccc2c1NCCC2. The van der Waals surface area contributed by atoms with Gasteiger partial charge in [-0.2, -0.15) is 0 Å². The van der Waals surface area contributed by atoms with Gasteiger partial charge in [-0.15, -0.1) is 10.2 Å². The first-order valence-electron chi connectivity index (χ1n) is 8.33. The molecule has 6 heteroatoms. The minimum Gasteiger partial charge on any atom is -0.419 e.